The Labute approximate surface area is 162 Å². The van der Waals surface area contributed by atoms with E-state index in [4.69, 9.17) is 4.74 Å². The summed E-state index contributed by atoms with van der Waals surface area (Å²) in [5.74, 6) is 0. The molecule has 1 N–H and O–H groups in total. The first-order valence-electron chi connectivity index (χ1n) is 9.61. The number of H-pyrrole nitrogens is 1. The van der Waals surface area contributed by atoms with Crippen molar-refractivity contribution in [3.63, 3.8) is 0 Å². The lowest BCUT2D eigenvalue weighted by molar-refractivity contribution is 0.0668. The molecule has 0 bridgehead atoms. The van der Waals surface area contributed by atoms with E-state index in [0.29, 0.717) is 17.8 Å². The number of ether oxygens (including phenoxy) is 1. The van der Waals surface area contributed by atoms with Gasteiger partial charge in [0, 0.05) is 23.9 Å². The van der Waals surface area contributed by atoms with Gasteiger partial charge < -0.3 is 4.74 Å². The van der Waals surface area contributed by atoms with Crippen LogP contribution in [0.15, 0.2) is 41.2 Å². The number of fused-ring (bicyclic) bond motifs is 1. The van der Waals surface area contributed by atoms with E-state index in [1.54, 1.807) is 11.8 Å². The van der Waals surface area contributed by atoms with E-state index >= 15 is 0 Å². The predicted molar refractivity (Wildman–Crippen MR) is 105 cm³/mol. The molecule has 0 spiro atoms. The quantitative estimate of drug-likeness (QED) is 0.754. The molecule has 1 atom stereocenters. The number of hydrogen-bond donors (Lipinski definition) is 1. The van der Waals surface area contributed by atoms with Crippen LogP contribution in [0.5, 0.6) is 0 Å². The lowest BCUT2D eigenvalue weighted by atomic mass is 10.00. The van der Waals surface area contributed by atoms with Gasteiger partial charge in [-0.2, -0.15) is 0 Å². The van der Waals surface area contributed by atoms with Crippen LogP contribution in [0.1, 0.15) is 47.8 Å². The van der Waals surface area contributed by atoms with Crippen LogP contribution >= 0.6 is 0 Å². The summed E-state index contributed by atoms with van der Waals surface area (Å²) < 4.78 is 7.00. The maximum Gasteiger partial charge on any atom is 0.410 e. The number of aromatic amines is 1. The van der Waals surface area contributed by atoms with Crippen molar-refractivity contribution < 1.29 is 9.53 Å². The topological polar surface area (TPSA) is 79.7 Å². The molecule has 0 radical (unpaired) electrons. The molecule has 1 unspecified atom stereocenters. The molecule has 7 heteroatoms. The van der Waals surface area contributed by atoms with Gasteiger partial charge in [0.1, 0.15) is 6.61 Å². The summed E-state index contributed by atoms with van der Waals surface area (Å²) in [6.07, 6.45) is 2.44. The third kappa shape index (κ3) is 3.40. The lowest BCUT2D eigenvalue weighted by Crippen LogP contribution is -2.39. The highest BCUT2D eigenvalue weighted by Gasteiger charge is 2.30. The largest absolute Gasteiger partial charge is 0.445 e. The van der Waals surface area contributed by atoms with Crippen molar-refractivity contribution in [1.29, 1.82) is 0 Å². The number of hydrogen-bond acceptors (Lipinski definition) is 4. The second kappa shape index (κ2) is 7.50. The molecule has 1 fully saturated rings. The second-order valence-corrected chi connectivity index (χ2v) is 7.28. The van der Waals surface area contributed by atoms with Gasteiger partial charge in [-0.3, -0.25) is 14.8 Å². The van der Waals surface area contributed by atoms with Gasteiger partial charge in [-0.15, -0.1) is 0 Å². The summed E-state index contributed by atoms with van der Waals surface area (Å²) in [5.41, 5.74) is 3.57. The van der Waals surface area contributed by atoms with Gasteiger partial charge in [0.05, 0.1) is 11.7 Å². The smallest absolute Gasteiger partial charge is 0.410 e. The van der Waals surface area contributed by atoms with Gasteiger partial charge in [0.25, 0.3) is 5.56 Å². The molecule has 146 valence electrons. The Bertz CT molecular complexity index is 1050. The number of nitrogens with zero attached hydrogens (tertiary/aromatic N) is 3. The molecular formula is C21H24N4O3. The van der Waals surface area contributed by atoms with Gasteiger partial charge >= 0.3 is 6.09 Å². The highest BCUT2D eigenvalue weighted by Crippen LogP contribution is 2.31. The van der Waals surface area contributed by atoms with Gasteiger partial charge in [-0.25, -0.2) is 14.3 Å². The summed E-state index contributed by atoms with van der Waals surface area (Å²) in [4.78, 5) is 31.5. The zero-order chi connectivity index (χ0) is 19.7. The van der Waals surface area contributed by atoms with Crippen LogP contribution in [0, 0.1) is 13.8 Å². The Balaban J connectivity index is 1.58. The van der Waals surface area contributed by atoms with Crippen LogP contribution in [-0.2, 0) is 11.3 Å². The number of aromatic nitrogens is 3. The molecule has 1 saturated heterocycles. The van der Waals surface area contributed by atoms with Gasteiger partial charge in [0.2, 0.25) is 0 Å². The number of rotatable bonds is 3. The number of likely N-dealkylation sites (tertiary alicyclic amines) is 1. The number of aryl methyl sites for hydroxylation is 1. The second-order valence-electron chi connectivity index (χ2n) is 7.28. The maximum atomic E-state index is 12.8. The first-order chi connectivity index (χ1) is 13.5. The molecular weight excluding hydrogens is 356 g/mol. The molecule has 4 rings (SSSR count). The van der Waals surface area contributed by atoms with Crippen LogP contribution in [0.4, 0.5) is 4.79 Å². The van der Waals surface area contributed by atoms with Crippen molar-refractivity contribution in [2.24, 2.45) is 0 Å². The number of carbonyl (C=O) groups is 1. The Morgan fingerprint density at radius 2 is 2.04 bits per heavy atom. The monoisotopic (exact) mass is 380 g/mol. The molecule has 3 aromatic rings. The van der Waals surface area contributed by atoms with E-state index in [1.807, 2.05) is 43.3 Å². The van der Waals surface area contributed by atoms with Crippen molar-refractivity contribution in [2.45, 2.75) is 45.8 Å². The Kier molecular flexibility index (Phi) is 4.90. The minimum Gasteiger partial charge on any atom is -0.445 e. The van der Waals surface area contributed by atoms with E-state index in [0.717, 1.165) is 36.2 Å². The minimum atomic E-state index is -0.333. The average Bonchev–Trinajstić information content (AvgIpc) is 3.15. The third-order valence-corrected chi connectivity index (χ3v) is 5.40. The number of nitrogens with one attached hydrogen (secondary N) is 1. The summed E-state index contributed by atoms with van der Waals surface area (Å²) in [6.45, 7) is 4.48. The first kappa shape index (κ1) is 18.3. The highest BCUT2D eigenvalue weighted by molar-refractivity contribution is 5.68. The minimum absolute atomic E-state index is 0.109. The number of amides is 1. The van der Waals surface area contributed by atoms with Crippen LogP contribution in [0.3, 0.4) is 0 Å². The Morgan fingerprint density at radius 3 is 2.82 bits per heavy atom. The normalized spacial score (nSPS) is 17.1. The van der Waals surface area contributed by atoms with Crippen molar-refractivity contribution in [1.82, 2.24) is 19.5 Å². The van der Waals surface area contributed by atoms with Crippen LogP contribution < -0.4 is 5.56 Å². The van der Waals surface area contributed by atoms with E-state index in [2.05, 4.69) is 10.1 Å². The predicted octanol–water partition coefficient (Wildman–Crippen LogP) is 3.50. The molecule has 0 aliphatic carbocycles. The maximum absolute atomic E-state index is 12.8. The first-order valence-corrected chi connectivity index (χ1v) is 9.61. The summed E-state index contributed by atoms with van der Waals surface area (Å²) in [5, 5.41) is 3.15. The fourth-order valence-electron chi connectivity index (χ4n) is 3.68. The number of carbonyl (C=O) groups excluding carboxylic acids is 1. The van der Waals surface area contributed by atoms with Crippen molar-refractivity contribution >= 4 is 11.7 Å². The zero-order valence-electron chi connectivity index (χ0n) is 16.1. The van der Waals surface area contributed by atoms with E-state index in [-0.39, 0.29) is 24.3 Å². The molecule has 7 nitrogen and oxygen atoms in total. The summed E-state index contributed by atoms with van der Waals surface area (Å²) in [6, 6.07) is 11.3. The van der Waals surface area contributed by atoms with Crippen LogP contribution in [0.2, 0.25) is 0 Å². The summed E-state index contributed by atoms with van der Waals surface area (Å²) >= 11 is 0. The fourth-order valence-corrected chi connectivity index (χ4v) is 3.68. The van der Waals surface area contributed by atoms with Gasteiger partial charge in [0.15, 0.2) is 5.65 Å². The molecule has 1 aliphatic rings. The molecule has 1 aromatic carbocycles. The fraction of sp³-hybridized carbons (Fsp3) is 0.381. The molecule has 28 heavy (non-hydrogen) atoms. The SMILES string of the molecule is Cc1nc2cc(C3CCCCN3C(=O)OCc3ccccc3)[nH]n2c(=O)c1C. The van der Waals surface area contributed by atoms with E-state index in [9.17, 15) is 9.59 Å². The molecule has 0 saturated carbocycles. The molecule has 2 aromatic heterocycles. The number of benzene rings is 1. The molecule has 1 amide bonds. The van der Waals surface area contributed by atoms with Gasteiger partial charge in [-0.05, 0) is 38.7 Å². The van der Waals surface area contributed by atoms with E-state index < -0.39 is 0 Å². The Hall–Kier alpha value is -3.09. The lowest BCUT2D eigenvalue weighted by Gasteiger charge is -2.34. The third-order valence-electron chi connectivity index (χ3n) is 5.40. The van der Waals surface area contributed by atoms with Crippen LogP contribution in [0.25, 0.3) is 5.65 Å². The van der Waals surface area contributed by atoms with E-state index in [1.165, 1.54) is 4.52 Å². The molecule has 1 aliphatic heterocycles. The molecule has 3 heterocycles. The summed E-state index contributed by atoms with van der Waals surface area (Å²) in [7, 11) is 0. The van der Waals surface area contributed by atoms with Crippen molar-refractivity contribution in [3.05, 3.63) is 69.3 Å². The standard InChI is InChI=1S/C21H24N4O3/c1-14-15(2)22-19-12-17(23-25(19)20(14)26)18-10-6-7-11-24(18)21(27)28-13-16-8-4-3-5-9-16/h3-5,8-9,12,18,23H,6-7,10-11,13H2,1-2H3. The number of piperidine rings is 1. The van der Waals surface area contributed by atoms with Crippen LogP contribution in [-0.4, -0.2) is 32.1 Å². The average molecular weight is 380 g/mol. The Morgan fingerprint density at radius 1 is 1.25 bits per heavy atom. The van der Waals surface area contributed by atoms with Crippen molar-refractivity contribution in [2.75, 3.05) is 6.54 Å². The highest BCUT2D eigenvalue weighted by atomic mass is 16.6. The zero-order valence-corrected chi connectivity index (χ0v) is 16.1. The van der Waals surface area contributed by atoms with Crippen molar-refractivity contribution in [3.8, 4) is 0 Å². The van der Waals surface area contributed by atoms with Gasteiger partial charge in [-0.1, -0.05) is 30.3 Å².